The van der Waals surface area contributed by atoms with E-state index in [2.05, 4.69) is 15.3 Å². The lowest BCUT2D eigenvalue weighted by Gasteiger charge is -2.26. The third kappa shape index (κ3) is 4.74. The SMILES string of the molecule is O=C(CCc1nc2ccccc2c(=O)[nH]1)Nc1cccc(CN2CCCCC2=O)c1. The van der Waals surface area contributed by atoms with E-state index in [4.69, 9.17) is 0 Å². The van der Waals surface area contributed by atoms with Gasteiger partial charge in [0.05, 0.1) is 10.9 Å². The summed E-state index contributed by atoms with van der Waals surface area (Å²) in [6.07, 6.45) is 3.15. The summed E-state index contributed by atoms with van der Waals surface area (Å²) < 4.78 is 0. The quantitative estimate of drug-likeness (QED) is 0.660. The topological polar surface area (TPSA) is 95.2 Å². The first kappa shape index (κ1) is 19.8. The number of carbonyl (C=O) groups is 2. The van der Waals surface area contributed by atoms with Crippen molar-refractivity contribution in [3.8, 4) is 0 Å². The van der Waals surface area contributed by atoms with Crippen LogP contribution in [-0.2, 0) is 22.6 Å². The average Bonchev–Trinajstić information content (AvgIpc) is 2.74. The van der Waals surface area contributed by atoms with E-state index in [1.807, 2.05) is 35.2 Å². The van der Waals surface area contributed by atoms with Crippen LogP contribution in [0, 0.1) is 0 Å². The average molecular weight is 404 g/mol. The van der Waals surface area contributed by atoms with Gasteiger partial charge in [-0.25, -0.2) is 4.98 Å². The van der Waals surface area contributed by atoms with Crippen molar-refractivity contribution in [2.24, 2.45) is 0 Å². The fourth-order valence-corrected chi connectivity index (χ4v) is 3.71. The standard InChI is InChI=1S/C23H24N4O3/c28-21(12-11-20-25-19-9-2-1-8-18(19)23(30)26-20)24-17-7-5-6-16(14-17)15-27-13-4-3-10-22(27)29/h1-2,5-9,14H,3-4,10-13,15H2,(H,24,28)(H,25,26,30). The monoisotopic (exact) mass is 404 g/mol. The van der Waals surface area contributed by atoms with E-state index < -0.39 is 0 Å². The predicted octanol–water partition coefficient (Wildman–Crippen LogP) is 3.01. The molecule has 2 aromatic carbocycles. The Morgan fingerprint density at radius 3 is 2.83 bits per heavy atom. The second kappa shape index (κ2) is 8.90. The maximum Gasteiger partial charge on any atom is 0.258 e. The summed E-state index contributed by atoms with van der Waals surface area (Å²) in [7, 11) is 0. The van der Waals surface area contributed by atoms with Crippen molar-refractivity contribution in [1.29, 1.82) is 0 Å². The van der Waals surface area contributed by atoms with Crippen LogP contribution in [0.25, 0.3) is 10.9 Å². The minimum absolute atomic E-state index is 0.156. The van der Waals surface area contributed by atoms with Gasteiger partial charge in [0.25, 0.3) is 5.56 Å². The third-order valence-corrected chi connectivity index (χ3v) is 5.26. The number of fused-ring (bicyclic) bond motifs is 1. The summed E-state index contributed by atoms with van der Waals surface area (Å²) in [6, 6.07) is 14.7. The molecule has 2 heterocycles. The van der Waals surface area contributed by atoms with Gasteiger partial charge in [-0.1, -0.05) is 24.3 Å². The Bertz CT molecular complexity index is 1140. The molecule has 1 aliphatic rings. The lowest BCUT2D eigenvalue weighted by Crippen LogP contribution is -2.34. The van der Waals surface area contributed by atoms with Crippen LogP contribution in [0.5, 0.6) is 0 Å². The van der Waals surface area contributed by atoms with Gasteiger partial charge in [0.2, 0.25) is 11.8 Å². The lowest BCUT2D eigenvalue weighted by molar-refractivity contribution is -0.133. The van der Waals surface area contributed by atoms with E-state index in [0.717, 1.165) is 24.9 Å². The molecule has 3 aromatic rings. The molecule has 1 aromatic heterocycles. The molecule has 1 aliphatic heterocycles. The molecular weight excluding hydrogens is 380 g/mol. The minimum Gasteiger partial charge on any atom is -0.338 e. The number of rotatable bonds is 6. The molecule has 0 aliphatic carbocycles. The van der Waals surface area contributed by atoms with E-state index >= 15 is 0 Å². The Balaban J connectivity index is 1.36. The van der Waals surface area contributed by atoms with Crippen LogP contribution in [0.15, 0.2) is 53.3 Å². The smallest absolute Gasteiger partial charge is 0.258 e. The normalized spacial score (nSPS) is 14.1. The number of aromatic amines is 1. The number of carbonyl (C=O) groups excluding carboxylic acids is 2. The highest BCUT2D eigenvalue weighted by Gasteiger charge is 2.18. The highest BCUT2D eigenvalue weighted by atomic mass is 16.2. The van der Waals surface area contributed by atoms with Gasteiger partial charge >= 0.3 is 0 Å². The summed E-state index contributed by atoms with van der Waals surface area (Å²) in [5.74, 6) is 0.524. The van der Waals surface area contributed by atoms with E-state index in [9.17, 15) is 14.4 Å². The van der Waals surface area contributed by atoms with Crippen LogP contribution in [0.4, 0.5) is 5.69 Å². The number of benzene rings is 2. The number of amides is 2. The van der Waals surface area contributed by atoms with Crippen LogP contribution < -0.4 is 10.9 Å². The highest BCUT2D eigenvalue weighted by molar-refractivity contribution is 5.91. The number of hydrogen-bond donors (Lipinski definition) is 2. The Morgan fingerprint density at radius 2 is 1.97 bits per heavy atom. The molecule has 0 unspecified atom stereocenters. The molecule has 0 bridgehead atoms. The zero-order valence-electron chi connectivity index (χ0n) is 16.7. The molecule has 7 heteroatoms. The summed E-state index contributed by atoms with van der Waals surface area (Å²) >= 11 is 0. The van der Waals surface area contributed by atoms with E-state index in [1.54, 1.807) is 18.2 Å². The number of para-hydroxylation sites is 1. The van der Waals surface area contributed by atoms with Gasteiger partial charge in [0.15, 0.2) is 0 Å². The zero-order valence-corrected chi connectivity index (χ0v) is 16.7. The zero-order chi connectivity index (χ0) is 20.9. The molecule has 0 atom stereocenters. The number of piperidine rings is 1. The molecule has 0 spiro atoms. The van der Waals surface area contributed by atoms with Crippen molar-refractivity contribution in [2.75, 3.05) is 11.9 Å². The van der Waals surface area contributed by atoms with Gasteiger partial charge in [-0.15, -0.1) is 0 Å². The highest BCUT2D eigenvalue weighted by Crippen LogP contribution is 2.17. The first-order valence-electron chi connectivity index (χ1n) is 10.2. The number of nitrogens with zero attached hydrogens (tertiary/aromatic N) is 2. The summed E-state index contributed by atoms with van der Waals surface area (Å²) in [5.41, 5.74) is 2.11. The minimum atomic E-state index is -0.198. The van der Waals surface area contributed by atoms with Gasteiger partial charge in [-0.2, -0.15) is 0 Å². The summed E-state index contributed by atoms with van der Waals surface area (Å²) in [6.45, 7) is 1.34. The first-order valence-corrected chi connectivity index (χ1v) is 10.2. The molecule has 2 N–H and O–H groups in total. The fraction of sp³-hybridized carbons (Fsp3) is 0.304. The second-order valence-electron chi connectivity index (χ2n) is 7.55. The Kier molecular flexibility index (Phi) is 5.88. The third-order valence-electron chi connectivity index (χ3n) is 5.26. The van der Waals surface area contributed by atoms with Gasteiger partial charge in [0, 0.05) is 38.0 Å². The summed E-state index contributed by atoms with van der Waals surface area (Å²) in [5, 5.41) is 3.43. The van der Waals surface area contributed by atoms with E-state index in [1.165, 1.54) is 0 Å². The van der Waals surface area contributed by atoms with Gasteiger partial charge in [-0.05, 0) is 42.7 Å². The molecule has 7 nitrogen and oxygen atoms in total. The molecule has 0 radical (unpaired) electrons. The van der Waals surface area contributed by atoms with Crippen molar-refractivity contribution in [1.82, 2.24) is 14.9 Å². The van der Waals surface area contributed by atoms with Crippen molar-refractivity contribution < 1.29 is 9.59 Å². The first-order chi connectivity index (χ1) is 14.6. The second-order valence-corrected chi connectivity index (χ2v) is 7.55. The number of hydrogen-bond acceptors (Lipinski definition) is 4. The van der Waals surface area contributed by atoms with Crippen LogP contribution in [0.2, 0.25) is 0 Å². The van der Waals surface area contributed by atoms with Crippen LogP contribution in [0.1, 0.15) is 37.1 Å². The number of likely N-dealkylation sites (tertiary alicyclic amines) is 1. The molecule has 1 fully saturated rings. The molecule has 2 amide bonds. The van der Waals surface area contributed by atoms with Crippen LogP contribution in [0.3, 0.4) is 0 Å². The largest absolute Gasteiger partial charge is 0.338 e. The van der Waals surface area contributed by atoms with Crippen LogP contribution >= 0.6 is 0 Å². The van der Waals surface area contributed by atoms with Gasteiger partial charge in [0.1, 0.15) is 5.82 Å². The van der Waals surface area contributed by atoms with E-state index in [0.29, 0.717) is 41.8 Å². The molecule has 30 heavy (non-hydrogen) atoms. The number of aromatic nitrogens is 2. The van der Waals surface area contributed by atoms with Gasteiger partial charge < -0.3 is 15.2 Å². The predicted molar refractivity (Wildman–Crippen MR) is 115 cm³/mol. The van der Waals surface area contributed by atoms with E-state index in [-0.39, 0.29) is 23.8 Å². The molecule has 0 saturated carbocycles. The molecule has 4 rings (SSSR count). The Hall–Kier alpha value is -3.48. The van der Waals surface area contributed by atoms with Crippen molar-refractivity contribution in [3.63, 3.8) is 0 Å². The molecular formula is C23H24N4O3. The summed E-state index contributed by atoms with van der Waals surface area (Å²) in [4.78, 5) is 45.6. The Labute approximate surface area is 174 Å². The maximum atomic E-state index is 12.4. The Morgan fingerprint density at radius 1 is 1.10 bits per heavy atom. The van der Waals surface area contributed by atoms with Gasteiger partial charge in [-0.3, -0.25) is 14.4 Å². The van der Waals surface area contributed by atoms with Crippen LogP contribution in [-0.4, -0.2) is 33.2 Å². The van der Waals surface area contributed by atoms with Crippen molar-refractivity contribution in [2.45, 2.75) is 38.6 Å². The number of H-pyrrole nitrogens is 1. The van der Waals surface area contributed by atoms with Crippen molar-refractivity contribution in [3.05, 3.63) is 70.3 Å². The molecule has 154 valence electrons. The number of anilines is 1. The maximum absolute atomic E-state index is 12.4. The molecule has 1 saturated heterocycles. The van der Waals surface area contributed by atoms with Crippen molar-refractivity contribution >= 4 is 28.4 Å². The lowest BCUT2D eigenvalue weighted by atomic mass is 10.1. The number of nitrogens with one attached hydrogen (secondary N) is 2. The fourth-order valence-electron chi connectivity index (χ4n) is 3.71. The number of aryl methyl sites for hydroxylation is 1.